The van der Waals surface area contributed by atoms with Gasteiger partial charge in [0.05, 0.1) is 17.9 Å². The van der Waals surface area contributed by atoms with Gasteiger partial charge < -0.3 is 19.7 Å². The molecule has 0 aliphatic carbocycles. The number of rotatable bonds is 5. The Morgan fingerprint density at radius 2 is 2.09 bits per heavy atom. The van der Waals surface area contributed by atoms with Crippen LogP contribution in [0.4, 0.5) is 10.1 Å². The predicted octanol–water partition coefficient (Wildman–Crippen LogP) is 1.70. The summed E-state index contributed by atoms with van der Waals surface area (Å²) in [6, 6.07) is 5.06. The van der Waals surface area contributed by atoms with Crippen LogP contribution in [0, 0.1) is 5.82 Å². The maximum Gasteiger partial charge on any atom is 0.246 e. The fraction of sp³-hybridized carbons (Fsp3) is 0.562. The number of halogens is 1. The molecule has 0 radical (unpaired) electrons. The van der Waals surface area contributed by atoms with E-state index in [0.717, 1.165) is 5.56 Å². The number of morpholine rings is 1. The second-order valence-corrected chi connectivity index (χ2v) is 5.66. The highest BCUT2D eigenvalue weighted by molar-refractivity contribution is 5.77. The standard InChI is InChI=1S/C16H23FN2O3/c1-11-8-19(9-12(2)22-11)15-5-4-13(6-14(15)17)7-18-16(20)10-21-3/h4-6,11-12H,7-10H2,1-3H3,(H,18,20). The van der Waals surface area contributed by atoms with E-state index >= 15 is 0 Å². The molecule has 1 amide bonds. The first kappa shape index (κ1) is 16.7. The molecule has 0 bridgehead atoms. The number of nitrogens with one attached hydrogen (secondary N) is 1. The van der Waals surface area contributed by atoms with Crippen molar-refractivity contribution in [2.45, 2.75) is 32.6 Å². The van der Waals surface area contributed by atoms with Gasteiger partial charge in [-0.15, -0.1) is 0 Å². The smallest absolute Gasteiger partial charge is 0.246 e. The molecule has 1 aliphatic rings. The molecule has 0 aromatic heterocycles. The lowest BCUT2D eigenvalue weighted by Crippen LogP contribution is -2.45. The third-order valence-corrected chi connectivity index (χ3v) is 3.54. The van der Waals surface area contributed by atoms with Gasteiger partial charge in [-0.3, -0.25) is 4.79 Å². The molecule has 22 heavy (non-hydrogen) atoms. The Morgan fingerprint density at radius 1 is 1.41 bits per heavy atom. The van der Waals surface area contributed by atoms with Crippen molar-refractivity contribution in [1.82, 2.24) is 5.32 Å². The molecule has 0 spiro atoms. The van der Waals surface area contributed by atoms with E-state index in [9.17, 15) is 9.18 Å². The summed E-state index contributed by atoms with van der Waals surface area (Å²) in [5.41, 5.74) is 1.30. The van der Waals surface area contributed by atoms with Crippen molar-refractivity contribution in [2.24, 2.45) is 0 Å². The number of amides is 1. The molecule has 1 saturated heterocycles. The molecule has 1 fully saturated rings. The van der Waals surface area contributed by atoms with Crippen molar-refractivity contribution in [3.8, 4) is 0 Å². The first-order valence-corrected chi connectivity index (χ1v) is 7.44. The lowest BCUT2D eigenvalue weighted by molar-refractivity contribution is -0.124. The summed E-state index contributed by atoms with van der Waals surface area (Å²) in [4.78, 5) is 13.3. The third kappa shape index (κ3) is 4.42. The number of ether oxygens (including phenoxy) is 2. The van der Waals surface area contributed by atoms with Gasteiger partial charge in [0.1, 0.15) is 12.4 Å². The minimum absolute atomic E-state index is 0.00409. The van der Waals surface area contributed by atoms with E-state index in [-0.39, 0.29) is 37.1 Å². The minimum atomic E-state index is -0.278. The van der Waals surface area contributed by atoms with E-state index in [1.165, 1.54) is 13.2 Å². The van der Waals surface area contributed by atoms with Crippen LogP contribution in [-0.4, -0.2) is 44.9 Å². The Bertz CT molecular complexity index is 514. The Hall–Kier alpha value is -1.66. The van der Waals surface area contributed by atoms with Crippen LogP contribution in [0.2, 0.25) is 0 Å². The zero-order chi connectivity index (χ0) is 16.1. The zero-order valence-electron chi connectivity index (χ0n) is 13.3. The number of anilines is 1. The maximum absolute atomic E-state index is 14.3. The zero-order valence-corrected chi connectivity index (χ0v) is 13.3. The van der Waals surface area contributed by atoms with E-state index in [2.05, 4.69) is 5.32 Å². The van der Waals surface area contributed by atoms with Gasteiger partial charge in [0.2, 0.25) is 5.91 Å². The minimum Gasteiger partial charge on any atom is -0.375 e. The molecule has 2 rings (SSSR count). The lowest BCUT2D eigenvalue weighted by Gasteiger charge is -2.37. The Balaban J connectivity index is 2.01. The molecule has 5 nitrogen and oxygen atoms in total. The number of methoxy groups -OCH3 is 1. The molecular weight excluding hydrogens is 287 g/mol. The van der Waals surface area contributed by atoms with Gasteiger partial charge in [-0.1, -0.05) is 6.07 Å². The molecule has 6 heteroatoms. The highest BCUT2D eigenvalue weighted by atomic mass is 19.1. The summed E-state index contributed by atoms with van der Waals surface area (Å²) in [6.07, 6.45) is 0.160. The van der Waals surface area contributed by atoms with Gasteiger partial charge in [0, 0.05) is 26.7 Å². The van der Waals surface area contributed by atoms with Crippen LogP contribution in [0.5, 0.6) is 0 Å². The highest BCUT2D eigenvalue weighted by Gasteiger charge is 2.24. The first-order valence-electron chi connectivity index (χ1n) is 7.44. The van der Waals surface area contributed by atoms with E-state index in [1.54, 1.807) is 6.07 Å². The summed E-state index contributed by atoms with van der Waals surface area (Å²) in [5, 5.41) is 2.68. The van der Waals surface area contributed by atoms with Crippen molar-refractivity contribution >= 4 is 11.6 Å². The highest BCUT2D eigenvalue weighted by Crippen LogP contribution is 2.24. The quantitative estimate of drug-likeness (QED) is 0.899. The Morgan fingerprint density at radius 3 is 2.68 bits per heavy atom. The summed E-state index contributed by atoms with van der Waals surface area (Å²) < 4.78 is 24.7. The second-order valence-electron chi connectivity index (χ2n) is 5.66. The van der Waals surface area contributed by atoms with Gasteiger partial charge in [-0.25, -0.2) is 4.39 Å². The van der Waals surface area contributed by atoms with Gasteiger partial charge in [-0.05, 0) is 31.5 Å². The molecule has 1 heterocycles. The van der Waals surface area contributed by atoms with Crippen molar-refractivity contribution in [2.75, 3.05) is 31.7 Å². The molecule has 122 valence electrons. The largest absolute Gasteiger partial charge is 0.375 e. The summed E-state index contributed by atoms with van der Waals surface area (Å²) in [5.74, 6) is -0.498. The molecule has 1 aliphatic heterocycles. The fourth-order valence-corrected chi connectivity index (χ4v) is 2.67. The van der Waals surface area contributed by atoms with Crippen LogP contribution >= 0.6 is 0 Å². The topological polar surface area (TPSA) is 50.8 Å². The molecular formula is C16H23FN2O3. The maximum atomic E-state index is 14.3. The average Bonchev–Trinajstić information content (AvgIpc) is 2.44. The molecule has 2 atom stereocenters. The van der Waals surface area contributed by atoms with Crippen LogP contribution in [0.1, 0.15) is 19.4 Å². The van der Waals surface area contributed by atoms with E-state index in [0.29, 0.717) is 18.8 Å². The van der Waals surface area contributed by atoms with E-state index in [4.69, 9.17) is 9.47 Å². The normalized spacial score (nSPS) is 21.7. The van der Waals surface area contributed by atoms with Gasteiger partial charge in [0.15, 0.2) is 0 Å². The van der Waals surface area contributed by atoms with Crippen molar-refractivity contribution in [1.29, 1.82) is 0 Å². The molecule has 0 saturated carbocycles. The van der Waals surface area contributed by atoms with Crippen molar-refractivity contribution in [3.63, 3.8) is 0 Å². The third-order valence-electron chi connectivity index (χ3n) is 3.54. The number of nitrogens with zero attached hydrogens (tertiary/aromatic N) is 1. The first-order chi connectivity index (χ1) is 10.5. The Kier molecular flexibility index (Phi) is 5.74. The number of hydrogen-bond acceptors (Lipinski definition) is 4. The number of hydrogen-bond donors (Lipinski definition) is 1. The summed E-state index contributed by atoms with van der Waals surface area (Å²) in [7, 11) is 1.46. The monoisotopic (exact) mass is 310 g/mol. The fourth-order valence-electron chi connectivity index (χ4n) is 2.67. The van der Waals surface area contributed by atoms with Crippen LogP contribution < -0.4 is 10.2 Å². The SMILES string of the molecule is COCC(=O)NCc1ccc(N2CC(C)OC(C)C2)c(F)c1. The number of carbonyl (C=O) groups excluding carboxylic acids is 1. The Labute approximate surface area is 130 Å². The number of carbonyl (C=O) groups is 1. The number of benzene rings is 1. The van der Waals surface area contributed by atoms with Crippen molar-refractivity contribution in [3.05, 3.63) is 29.6 Å². The van der Waals surface area contributed by atoms with Crippen LogP contribution in [0.3, 0.4) is 0 Å². The summed E-state index contributed by atoms with van der Waals surface area (Å²) in [6.45, 7) is 5.61. The molecule has 2 unspecified atom stereocenters. The molecule has 1 N–H and O–H groups in total. The molecule has 1 aromatic rings. The van der Waals surface area contributed by atoms with Gasteiger partial charge >= 0.3 is 0 Å². The van der Waals surface area contributed by atoms with Crippen LogP contribution in [0.15, 0.2) is 18.2 Å². The van der Waals surface area contributed by atoms with Crippen LogP contribution in [-0.2, 0) is 20.8 Å². The van der Waals surface area contributed by atoms with E-state index < -0.39 is 0 Å². The van der Waals surface area contributed by atoms with E-state index in [1.807, 2.05) is 24.8 Å². The molecule has 1 aromatic carbocycles. The predicted molar refractivity (Wildman–Crippen MR) is 82.3 cm³/mol. The van der Waals surface area contributed by atoms with Gasteiger partial charge in [0.25, 0.3) is 0 Å². The average molecular weight is 310 g/mol. The van der Waals surface area contributed by atoms with Crippen LogP contribution in [0.25, 0.3) is 0 Å². The van der Waals surface area contributed by atoms with Crippen molar-refractivity contribution < 1.29 is 18.7 Å². The van der Waals surface area contributed by atoms with Gasteiger partial charge in [-0.2, -0.15) is 0 Å². The second kappa shape index (κ2) is 7.56. The summed E-state index contributed by atoms with van der Waals surface area (Å²) >= 11 is 0. The lowest BCUT2D eigenvalue weighted by atomic mass is 10.1.